The molecule has 5 rings (SSSR count). The van der Waals surface area contributed by atoms with Crippen LogP contribution in [0.2, 0.25) is 0 Å². The van der Waals surface area contributed by atoms with Gasteiger partial charge in [-0.05, 0) is 68.3 Å². The summed E-state index contributed by atoms with van der Waals surface area (Å²) in [6.07, 6.45) is 7.43. The largest absolute Gasteiger partial charge is 0.330 e. The first-order chi connectivity index (χ1) is 15.4. The van der Waals surface area contributed by atoms with E-state index in [1.807, 2.05) is 12.1 Å². The SMILES string of the molecule is NCC1(C2CCCCN2Cc2ccc3c(c2)C(=O)N(C2CCC(=O)NC2=O)C3=O)CCC1. The fraction of sp³-hybridized carbons (Fsp3) is 0.583. The molecule has 3 fully saturated rings. The Morgan fingerprint density at radius 3 is 2.47 bits per heavy atom. The van der Waals surface area contributed by atoms with Gasteiger partial charge >= 0.3 is 0 Å². The molecule has 0 bridgehead atoms. The second-order valence-corrected chi connectivity index (χ2v) is 9.73. The number of carbonyl (C=O) groups is 4. The highest BCUT2D eigenvalue weighted by Crippen LogP contribution is 2.48. The number of amides is 4. The molecule has 32 heavy (non-hydrogen) atoms. The standard InChI is InChI=1S/C24H30N4O4/c25-14-24(9-3-10-24)19-4-1-2-11-27(19)13-15-5-6-16-17(12-15)23(32)28(22(16)31)18-7-8-20(29)26-21(18)30/h5-6,12,18-19H,1-4,7-11,13-14,25H2,(H,26,29,30). The summed E-state index contributed by atoms with van der Waals surface area (Å²) in [5.41, 5.74) is 8.09. The Morgan fingerprint density at radius 2 is 1.78 bits per heavy atom. The normalized spacial score (nSPS) is 27.8. The second kappa shape index (κ2) is 8.08. The van der Waals surface area contributed by atoms with Crippen LogP contribution in [-0.4, -0.2) is 58.6 Å². The number of nitrogens with one attached hydrogen (secondary N) is 1. The molecule has 3 N–H and O–H groups in total. The van der Waals surface area contributed by atoms with E-state index in [1.54, 1.807) is 6.07 Å². The van der Waals surface area contributed by atoms with Gasteiger partial charge in [-0.25, -0.2) is 0 Å². The zero-order valence-corrected chi connectivity index (χ0v) is 18.3. The number of carbonyl (C=O) groups excluding carboxylic acids is 4. The predicted octanol–water partition coefficient (Wildman–Crippen LogP) is 1.57. The molecule has 1 aromatic carbocycles. The van der Waals surface area contributed by atoms with E-state index in [2.05, 4.69) is 10.2 Å². The van der Waals surface area contributed by atoms with Crippen molar-refractivity contribution in [2.75, 3.05) is 13.1 Å². The maximum Gasteiger partial charge on any atom is 0.262 e. The van der Waals surface area contributed by atoms with Crippen LogP contribution in [0.1, 0.15) is 77.6 Å². The number of rotatable bonds is 5. The number of fused-ring (bicyclic) bond motifs is 1. The van der Waals surface area contributed by atoms with Crippen LogP contribution < -0.4 is 11.1 Å². The lowest BCUT2D eigenvalue weighted by molar-refractivity contribution is -0.136. The van der Waals surface area contributed by atoms with Gasteiger partial charge in [0.05, 0.1) is 11.1 Å². The Bertz CT molecular complexity index is 981. The third kappa shape index (κ3) is 3.36. The molecule has 2 unspecified atom stereocenters. The summed E-state index contributed by atoms with van der Waals surface area (Å²) in [4.78, 5) is 53.3. The number of nitrogens with two attached hydrogens (primary N) is 1. The summed E-state index contributed by atoms with van der Waals surface area (Å²) < 4.78 is 0. The third-order valence-electron chi connectivity index (χ3n) is 7.97. The van der Waals surface area contributed by atoms with Gasteiger partial charge in [0.15, 0.2) is 0 Å². The Hall–Kier alpha value is -2.58. The van der Waals surface area contributed by atoms with Crippen LogP contribution in [0, 0.1) is 5.41 Å². The fourth-order valence-corrected chi connectivity index (χ4v) is 6.03. The topological polar surface area (TPSA) is 113 Å². The quantitative estimate of drug-likeness (QED) is 0.675. The van der Waals surface area contributed by atoms with Crippen molar-refractivity contribution in [3.8, 4) is 0 Å². The van der Waals surface area contributed by atoms with Crippen LogP contribution in [0.25, 0.3) is 0 Å². The fourth-order valence-electron chi connectivity index (χ4n) is 6.03. The van der Waals surface area contributed by atoms with Crippen molar-refractivity contribution in [1.82, 2.24) is 15.1 Å². The first-order valence-electron chi connectivity index (χ1n) is 11.7. The molecular formula is C24H30N4O4. The van der Waals surface area contributed by atoms with E-state index in [1.165, 1.54) is 25.7 Å². The highest BCUT2D eigenvalue weighted by atomic mass is 16.2. The van der Waals surface area contributed by atoms with Gasteiger partial charge in [0.2, 0.25) is 11.8 Å². The lowest BCUT2D eigenvalue weighted by Gasteiger charge is -2.53. The van der Waals surface area contributed by atoms with Gasteiger partial charge in [0, 0.05) is 19.0 Å². The van der Waals surface area contributed by atoms with Crippen LogP contribution in [0.4, 0.5) is 0 Å². The van der Waals surface area contributed by atoms with Gasteiger partial charge < -0.3 is 5.73 Å². The minimum Gasteiger partial charge on any atom is -0.330 e. The lowest BCUT2D eigenvalue weighted by Crippen LogP contribution is -2.56. The predicted molar refractivity (Wildman–Crippen MR) is 117 cm³/mol. The molecule has 8 heteroatoms. The Balaban J connectivity index is 1.37. The summed E-state index contributed by atoms with van der Waals surface area (Å²) in [5.74, 6) is -1.87. The van der Waals surface area contributed by atoms with Crippen LogP contribution in [0.5, 0.6) is 0 Å². The van der Waals surface area contributed by atoms with E-state index >= 15 is 0 Å². The molecule has 3 aliphatic heterocycles. The number of hydrogen-bond acceptors (Lipinski definition) is 6. The molecule has 3 heterocycles. The van der Waals surface area contributed by atoms with Crippen molar-refractivity contribution < 1.29 is 19.2 Å². The molecule has 8 nitrogen and oxygen atoms in total. The molecular weight excluding hydrogens is 408 g/mol. The maximum atomic E-state index is 13.1. The van der Waals surface area contributed by atoms with Crippen LogP contribution in [0.3, 0.4) is 0 Å². The van der Waals surface area contributed by atoms with Crippen LogP contribution in [-0.2, 0) is 16.1 Å². The number of imide groups is 2. The van der Waals surface area contributed by atoms with Gasteiger partial charge in [0.1, 0.15) is 6.04 Å². The lowest BCUT2D eigenvalue weighted by atomic mass is 9.62. The van der Waals surface area contributed by atoms with Gasteiger partial charge in [-0.2, -0.15) is 0 Å². The van der Waals surface area contributed by atoms with E-state index in [-0.39, 0.29) is 24.2 Å². The van der Waals surface area contributed by atoms with E-state index in [9.17, 15) is 19.2 Å². The number of piperidine rings is 2. The monoisotopic (exact) mass is 438 g/mol. The molecule has 1 aliphatic carbocycles. The smallest absolute Gasteiger partial charge is 0.262 e. The number of likely N-dealkylation sites (tertiary alicyclic amines) is 1. The number of benzene rings is 1. The average Bonchev–Trinajstić information content (AvgIpc) is 2.99. The molecule has 1 saturated carbocycles. The summed E-state index contributed by atoms with van der Waals surface area (Å²) in [6, 6.07) is 4.96. The Labute approximate surface area is 187 Å². The molecule has 0 spiro atoms. The first-order valence-corrected chi connectivity index (χ1v) is 11.7. The molecule has 2 saturated heterocycles. The molecule has 4 aliphatic rings. The maximum absolute atomic E-state index is 13.1. The molecule has 170 valence electrons. The summed E-state index contributed by atoms with van der Waals surface area (Å²) in [5, 5.41) is 2.23. The van der Waals surface area contributed by atoms with Crippen LogP contribution >= 0.6 is 0 Å². The third-order valence-corrected chi connectivity index (χ3v) is 7.97. The summed E-state index contributed by atoms with van der Waals surface area (Å²) in [6.45, 7) is 2.45. The Kier molecular flexibility index (Phi) is 5.37. The van der Waals surface area contributed by atoms with Crippen molar-refractivity contribution in [1.29, 1.82) is 0 Å². The Morgan fingerprint density at radius 1 is 1.00 bits per heavy atom. The average molecular weight is 439 g/mol. The van der Waals surface area contributed by atoms with E-state index in [4.69, 9.17) is 5.73 Å². The molecule has 2 atom stereocenters. The minimum absolute atomic E-state index is 0.119. The minimum atomic E-state index is -0.932. The summed E-state index contributed by atoms with van der Waals surface area (Å²) >= 11 is 0. The molecule has 1 aromatic rings. The molecule has 0 aromatic heterocycles. The highest BCUT2D eigenvalue weighted by Gasteiger charge is 2.47. The van der Waals surface area contributed by atoms with Crippen LogP contribution in [0.15, 0.2) is 18.2 Å². The molecule has 0 radical (unpaired) electrons. The van der Waals surface area contributed by atoms with Crippen molar-refractivity contribution in [2.45, 2.75) is 70.0 Å². The number of hydrogen-bond donors (Lipinski definition) is 2. The molecule has 4 amide bonds. The van der Waals surface area contributed by atoms with E-state index < -0.39 is 23.8 Å². The van der Waals surface area contributed by atoms with E-state index in [0.717, 1.165) is 36.4 Å². The first kappa shape index (κ1) is 21.3. The highest BCUT2D eigenvalue weighted by molar-refractivity contribution is 6.23. The van der Waals surface area contributed by atoms with Gasteiger partial charge in [-0.3, -0.25) is 34.3 Å². The van der Waals surface area contributed by atoms with Gasteiger partial charge in [0.25, 0.3) is 11.8 Å². The summed E-state index contributed by atoms with van der Waals surface area (Å²) in [7, 11) is 0. The van der Waals surface area contributed by atoms with Crippen molar-refractivity contribution >= 4 is 23.6 Å². The zero-order chi connectivity index (χ0) is 22.5. The second-order valence-electron chi connectivity index (χ2n) is 9.73. The number of nitrogens with zero attached hydrogens (tertiary/aromatic N) is 2. The van der Waals surface area contributed by atoms with Gasteiger partial charge in [-0.1, -0.05) is 18.9 Å². The van der Waals surface area contributed by atoms with Crippen molar-refractivity contribution in [3.63, 3.8) is 0 Å². The van der Waals surface area contributed by atoms with Crippen molar-refractivity contribution in [3.05, 3.63) is 34.9 Å². The van der Waals surface area contributed by atoms with E-state index in [0.29, 0.717) is 23.7 Å². The van der Waals surface area contributed by atoms with Crippen molar-refractivity contribution in [2.24, 2.45) is 11.1 Å². The van der Waals surface area contributed by atoms with Gasteiger partial charge in [-0.15, -0.1) is 0 Å². The zero-order valence-electron chi connectivity index (χ0n) is 18.3.